The molecule has 1 atom stereocenters. The van der Waals surface area contributed by atoms with E-state index < -0.39 is 5.38 Å². The summed E-state index contributed by atoms with van der Waals surface area (Å²) < 4.78 is 1.42. The van der Waals surface area contributed by atoms with Crippen molar-refractivity contribution in [3.8, 4) is 5.95 Å². The van der Waals surface area contributed by atoms with E-state index >= 15 is 0 Å². The van der Waals surface area contributed by atoms with Crippen molar-refractivity contribution < 1.29 is 4.79 Å². The number of amides is 1. The number of nitrogens with one attached hydrogen (secondary N) is 2. The van der Waals surface area contributed by atoms with Crippen LogP contribution in [0.25, 0.3) is 5.95 Å². The molecular weight excluding hydrogens is 306 g/mol. The Balaban J connectivity index is 2.04. The van der Waals surface area contributed by atoms with Crippen molar-refractivity contribution in [2.45, 2.75) is 38.5 Å². The quantitative estimate of drug-likeness (QED) is 0.834. The monoisotopic (exact) mass is 321 g/mol. The molecule has 0 spiro atoms. The van der Waals surface area contributed by atoms with Crippen LogP contribution < -0.4 is 10.9 Å². The fourth-order valence-electron chi connectivity index (χ4n) is 2.50. The van der Waals surface area contributed by atoms with Crippen molar-refractivity contribution in [3.05, 3.63) is 33.4 Å². The molecule has 116 valence electrons. The lowest BCUT2D eigenvalue weighted by molar-refractivity contribution is -0.115. The van der Waals surface area contributed by atoms with Gasteiger partial charge in [-0.1, -0.05) is 0 Å². The first-order valence-electron chi connectivity index (χ1n) is 7.09. The van der Waals surface area contributed by atoms with Crippen molar-refractivity contribution in [3.63, 3.8) is 0 Å². The van der Waals surface area contributed by atoms with E-state index in [1.165, 1.54) is 4.68 Å². The molecule has 2 aromatic heterocycles. The Morgan fingerprint density at radius 3 is 3.00 bits per heavy atom. The molecule has 0 unspecified atom stereocenters. The Hall–Kier alpha value is -2.15. The molecule has 1 amide bonds. The third kappa shape index (κ3) is 2.64. The summed E-state index contributed by atoms with van der Waals surface area (Å²) in [4.78, 5) is 31.1. The second kappa shape index (κ2) is 5.57. The van der Waals surface area contributed by atoms with Gasteiger partial charge >= 0.3 is 0 Å². The molecule has 22 heavy (non-hydrogen) atoms. The Morgan fingerprint density at radius 1 is 1.50 bits per heavy atom. The minimum Gasteiger partial charge on any atom is -0.309 e. The number of anilines is 1. The van der Waals surface area contributed by atoms with Crippen LogP contribution in [0.2, 0.25) is 0 Å². The number of nitrogens with zero attached hydrogens (tertiary/aromatic N) is 3. The zero-order chi connectivity index (χ0) is 15.9. The summed E-state index contributed by atoms with van der Waals surface area (Å²) in [5, 5.41) is 6.30. The number of carbonyl (C=O) groups excluding carboxylic acids is 1. The fourth-order valence-corrected chi connectivity index (χ4v) is 2.56. The van der Waals surface area contributed by atoms with Gasteiger partial charge in [-0.2, -0.15) is 9.78 Å². The van der Waals surface area contributed by atoms with Gasteiger partial charge < -0.3 is 5.32 Å². The van der Waals surface area contributed by atoms with E-state index in [4.69, 9.17) is 11.6 Å². The normalized spacial score (nSPS) is 14.7. The van der Waals surface area contributed by atoms with Crippen molar-refractivity contribution in [1.29, 1.82) is 0 Å². The van der Waals surface area contributed by atoms with Gasteiger partial charge in [-0.25, -0.2) is 4.98 Å². The lowest BCUT2D eigenvalue weighted by atomic mass is 10.3. The van der Waals surface area contributed by atoms with Crippen molar-refractivity contribution in [2.75, 3.05) is 5.32 Å². The maximum atomic E-state index is 12.1. The van der Waals surface area contributed by atoms with E-state index in [0.717, 1.165) is 30.5 Å². The van der Waals surface area contributed by atoms with Gasteiger partial charge in [0.05, 0.1) is 11.4 Å². The molecule has 2 aromatic rings. The molecule has 1 aliphatic rings. The fraction of sp³-hybridized carbons (Fsp3) is 0.429. The summed E-state index contributed by atoms with van der Waals surface area (Å²) in [6.07, 6.45) is 2.47. The van der Waals surface area contributed by atoms with E-state index in [1.54, 1.807) is 19.9 Å². The van der Waals surface area contributed by atoms with Crippen LogP contribution in [0.5, 0.6) is 0 Å². The molecule has 0 bridgehead atoms. The highest BCUT2D eigenvalue weighted by molar-refractivity contribution is 6.32. The van der Waals surface area contributed by atoms with Gasteiger partial charge in [-0.3, -0.25) is 14.6 Å². The molecule has 0 saturated heterocycles. The molecule has 8 heteroatoms. The summed E-state index contributed by atoms with van der Waals surface area (Å²) in [6, 6.07) is 1.70. The van der Waals surface area contributed by atoms with Crippen molar-refractivity contribution in [2.24, 2.45) is 0 Å². The summed E-state index contributed by atoms with van der Waals surface area (Å²) >= 11 is 5.77. The van der Waals surface area contributed by atoms with E-state index in [1.807, 2.05) is 0 Å². The predicted octanol–water partition coefficient (Wildman–Crippen LogP) is 1.32. The van der Waals surface area contributed by atoms with Gasteiger partial charge in [0.25, 0.3) is 5.56 Å². The number of hydrogen-bond acceptors (Lipinski definition) is 4. The number of aryl methyl sites for hydroxylation is 2. The van der Waals surface area contributed by atoms with Gasteiger partial charge in [0, 0.05) is 11.6 Å². The first-order valence-corrected chi connectivity index (χ1v) is 7.53. The third-order valence-corrected chi connectivity index (χ3v) is 3.77. The number of hydrogen-bond donors (Lipinski definition) is 2. The van der Waals surface area contributed by atoms with Gasteiger partial charge in [0.1, 0.15) is 11.2 Å². The van der Waals surface area contributed by atoms with Crippen molar-refractivity contribution >= 4 is 23.3 Å². The van der Waals surface area contributed by atoms with Crippen LogP contribution in [-0.2, 0) is 17.6 Å². The molecule has 0 saturated carbocycles. The molecule has 0 fully saturated rings. The zero-order valence-corrected chi connectivity index (χ0v) is 13.1. The molecular formula is C14H16ClN5O2. The second-order valence-electron chi connectivity index (χ2n) is 5.36. The van der Waals surface area contributed by atoms with Crippen molar-refractivity contribution in [1.82, 2.24) is 19.7 Å². The Bertz CT molecular complexity index is 793. The van der Waals surface area contributed by atoms with Crippen LogP contribution in [0.1, 0.15) is 30.3 Å². The first kappa shape index (κ1) is 14.8. The van der Waals surface area contributed by atoms with Crippen LogP contribution in [0.3, 0.4) is 0 Å². The summed E-state index contributed by atoms with van der Waals surface area (Å²) in [6.45, 7) is 3.38. The number of alkyl halides is 1. The van der Waals surface area contributed by atoms with Gasteiger partial charge in [0.2, 0.25) is 11.9 Å². The number of H-pyrrole nitrogens is 1. The second-order valence-corrected chi connectivity index (χ2v) is 6.01. The van der Waals surface area contributed by atoms with E-state index in [9.17, 15) is 9.59 Å². The zero-order valence-electron chi connectivity index (χ0n) is 12.3. The number of fused-ring (bicyclic) bond motifs is 1. The number of halogens is 1. The lowest BCUT2D eigenvalue weighted by Gasteiger charge is -2.09. The predicted molar refractivity (Wildman–Crippen MR) is 82.7 cm³/mol. The highest BCUT2D eigenvalue weighted by atomic mass is 35.5. The van der Waals surface area contributed by atoms with Crippen LogP contribution in [0.15, 0.2) is 10.9 Å². The molecule has 7 nitrogen and oxygen atoms in total. The van der Waals surface area contributed by atoms with Gasteiger partial charge in [-0.05, 0) is 33.1 Å². The maximum Gasteiger partial charge on any atom is 0.255 e. The molecule has 0 radical (unpaired) electrons. The number of aromatic nitrogens is 4. The molecule has 1 aliphatic carbocycles. The minimum absolute atomic E-state index is 0.145. The van der Waals surface area contributed by atoms with Gasteiger partial charge in [0.15, 0.2) is 0 Å². The molecule has 2 heterocycles. The van der Waals surface area contributed by atoms with Crippen LogP contribution in [0.4, 0.5) is 5.82 Å². The van der Waals surface area contributed by atoms with Crippen LogP contribution in [-0.4, -0.2) is 31.0 Å². The topological polar surface area (TPSA) is 92.7 Å². The van der Waals surface area contributed by atoms with E-state index in [2.05, 4.69) is 20.4 Å². The average Bonchev–Trinajstić information content (AvgIpc) is 3.05. The van der Waals surface area contributed by atoms with E-state index in [0.29, 0.717) is 17.5 Å². The molecule has 0 aliphatic heterocycles. The maximum absolute atomic E-state index is 12.1. The Labute approximate surface area is 131 Å². The summed E-state index contributed by atoms with van der Waals surface area (Å²) in [5.74, 6) is 0.388. The average molecular weight is 322 g/mol. The molecule has 2 N–H and O–H groups in total. The first-order chi connectivity index (χ1) is 10.5. The highest BCUT2D eigenvalue weighted by Gasteiger charge is 2.20. The van der Waals surface area contributed by atoms with Gasteiger partial charge in [-0.15, -0.1) is 11.6 Å². The number of carbonyl (C=O) groups is 1. The van der Waals surface area contributed by atoms with Crippen LogP contribution in [0, 0.1) is 6.92 Å². The Morgan fingerprint density at radius 2 is 2.27 bits per heavy atom. The Kier molecular flexibility index (Phi) is 3.74. The molecule has 3 rings (SSSR count). The van der Waals surface area contributed by atoms with Crippen LogP contribution >= 0.6 is 11.6 Å². The number of rotatable bonds is 3. The smallest absolute Gasteiger partial charge is 0.255 e. The SMILES string of the molecule is Cc1cc(NC(=O)[C@H](C)Cl)n(-c2nc3c(c(=O)[nH]2)CCC3)n1. The molecule has 0 aromatic carbocycles. The third-order valence-electron chi connectivity index (χ3n) is 3.57. The standard InChI is InChI=1S/C14H16ClN5O2/c1-7-6-11(17-12(21)8(2)15)20(19-7)14-16-10-5-3-4-9(10)13(22)18-14/h6,8H,3-5H2,1-2H3,(H,17,21)(H,16,18,22)/t8-/m0/s1. The minimum atomic E-state index is -0.671. The summed E-state index contributed by atoms with van der Waals surface area (Å²) in [7, 11) is 0. The number of aromatic amines is 1. The van der Waals surface area contributed by atoms with E-state index in [-0.39, 0.29) is 11.5 Å². The highest BCUT2D eigenvalue weighted by Crippen LogP contribution is 2.19. The lowest BCUT2D eigenvalue weighted by Crippen LogP contribution is -2.24. The summed E-state index contributed by atoms with van der Waals surface area (Å²) in [5.41, 5.74) is 2.09. The largest absolute Gasteiger partial charge is 0.309 e.